The Hall–Kier alpha value is -2.64. The molecule has 1 aromatic rings. The van der Waals surface area contributed by atoms with Crippen molar-refractivity contribution in [3.63, 3.8) is 0 Å². The fourth-order valence-corrected chi connectivity index (χ4v) is 2.42. The molecule has 0 saturated carbocycles. The van der Waals surface area contributed by atoms with Crippen LogP contribution in [0.4, 0.5) is 22.0 Å². The van der Waals surface area contributed by atoms with Crippen molar-refractivity contribution < 1.29 is 26.7 Å². The molecule has 0 unspecified atom stereocenters. The molecule has 116 valence electrons. The number of hydrogen-bond acceptors (Lipinski definition) is 2. The molecule has 2 heterocycles. The summed E-state index contributed by atoms with van der Waals surface area (Å²) < 4.78 is 67.2. The summed E-state index contributed by atoms with van der Waals surface area (Å²) in [4.78, 5) is 14.0. The number of ketones is 1. The largest absolute Gasteiger partial charge is 0.389 e. The number of fused-ring (bicyclic) bond motifs is 1. The minimum absolute atomic E-state index is 0.101. The van der Waals surface area contributed by atoms with Gasteiger partial charge in [0.1, 0.15) is 0 Å². The fraction of sp³-hybridized carbons (Fsp3) is 0. The molecule has 0 bridgehead atoms. The Balaban J connectivity index is 2.12. The molecule has 2 aliphatic rings. The summed E-state index contributed by atoms with van der Waals surface area (Å²) in [5.74, 6) is -10.5. The van der Waals surface area contributed by atoms with Crippen molar-refractivity contribution in [2.24, 2.45) is 0 Å². The second-order valence-electron chi connectivity index (χ2n) is 4.86. The van der Waals surface area contributed by atoms with Crippen LogP contribution >= 0.6 is 0 Å². The van der Waals surface area contributed by atoms with E-state index in [9.17, 15) is 26.7 Å². The van der Waals surface area contributed by atoms with Gasteiger partial charge in [0.25, 0.3) is 0 Å². The van der Waals surface area contributed by atoms with Gasteiger partial charge in [-0.15, -0.1) is 0 Å². The fourth-order valence-electron chi connectivity index (χ4n) is 2.42. The summed E-state index contributed by atoms with van der Waals surface area (Å²) in [5, 5.41) is 0. The second-order valence-corrected chi connectivity index (χ2v) is 4.86. The molecule has 2 nitrogen and oxygen atoms in total. The molecular formula is C15H7BF5NO. The standard InChI is InChI=1S/C15H7BF5NO/c17-10-9(11(18)13(20)14(21)12(10)19)15(23)8-4-3-7-22-6-2-1-5-16(8)22/h1-7H. The Morgan fingerprint density at radius 1 is 0.826 bits per heavy atom. The van der Waals surface area contributed by atoms with Crippen LogP contribution in [0.3, 0.4) is 0 Å². The maximum absolute atomic E-state index is 13.8. The molecule has 1 aromatic carbocycles. The van der Waals surface area contributed by atoms with Crippen LogP contribution in [0, 0.1) is 29.1 Å². The Morgan fingerprint density at radius 2 is 1.39 bits per heavy atom. The van der Waals surface area contributed by atoms with Gasteiger partial charge >= 0.3 is 6.85 Å². The molecule has 0 saturated heterocycles. The second kappa shape index (κ2) is 5.53. The highest BCUT2D eigenvalue weighted by molar-refractivity contribution is 6.76. The van der Waals surface area contributed by atoms with Crippen LogP contribution < -0.4 is 0 Å². The van der Waals surface area contributed by atoms with Gasteiger partial charge in [-0.25, -0.2) is 22.0 Å². The number of allylic oxidation sites excluding steroid dienone is 5. The molecule has 3 rings (SSSR count). The lowest BCUT2D eigenvalue weighted by Crippen LogP contribution is -2.38. The third-order valence-corrected chi connectivity index (χ3v) is 3.54. The smallest absolute Gasteiger partial charge is 0.323 e. The van der Waals surface area contributed by atoms with E-state index < -0.39 is 47.3 Å². The minimum atomic E-state index is -2.30. The summed E-state index contributed by atoms with van der Waals surface area (Å²) in [6.07, 6.45) is 9.23. The van der Waals surface area contributed by atoms with Gasteiger partial charge in [-0.2, -0.15) is 0 Å². The number of rotatable bonds is 2. The van der Waals surface area contributed by atoms with E-state index in [-0.39, 0.29) is 5.47 Å². The molecule has 0 radical (unpaired) electrons. The van der Waals surface area contributed by atoms with E-state index in [0.29, 0.717) is 0 Å². The summed E-state index contributed by atoms with van der Waals surface area (Å²) in [6.45, 7) is -0.674. The summed E-state index contributed by atoms with van der Waals surface area (Å²) in [6, 6.07) is 0. The van der Waals surface area contributed by atoms with Crippen LogP contribution in [0.5, 0.6) is 0 Å². The summed E-state index contributed by atoms with van der Waals surface area (Å²) in [7, 11) is 0. The van der Waals surface area contributed by atoms with E-state index in [0.717, 1.165) is 0 Å². The SMILES string of the molecule is O=C(C1=CC=CN2C=CC=CB12)c1c(F)c(F)c(F)c(F)c1F. The average Bonchev–Trinajstić information content (AvgIpc) is 2.57. The lowest BCUT2D eigenvalue weighted by Gasteiger charge is -2.28. The van der Waals surface area contributed by atoms with Crippen molar-refractivity contribution in [3.8, 4) is 0 Å². The van der Waals surface area contributed by atoms with Gasteiger partial charge in [-0.1, -0.05) is 18.1 Å². The van der Waals surface area contributed by atoms with E-state index in [1.807, 2.05) is 0 Å². The predicted molar refractivity (Wildman–Crippen MR) is 73.7 cm³/mol. The van der Waals surface area contributed by atoms with Crippen LogP contribution in [0.2, 0.25) is 0 Å². The van der Waals surface area contributed by atoms with Gasteiger partial charge in [0, 0.05) is 0 Å². The number of halogens is 5. The van der Waals surface area contributed by atoms with Crippen molar-refractivity contribution in [1.82, 2.24) is 4.81 Å². The maximum atomic E-state index is 13.8. The first-order valence-electron chi connectivity index (χ1n) is 6.50. The summed E-state index contributed by atoms with van der Waals surface area (Å²) in [5.41, 5.74) is -1.55. The van der Waals surface area contributed by atoms with Crippen LogP contribution in [-0.2, 0) is 0 Å². The predicted octanol–water partition coefficient (Wildman–Crippen LogP) is 3.47. The minimum Gasteiger partial charge on any atom is -0.389 e. The first kappa shape index (κ1) is 15.3. The number of Topliss-reactive ketones (excluding diaryl/α,β-unsaturated/α-hetero) is 1. The van der Waals surface area contributed by atoms with Gasteiger partial charge in [0.05, 0.1) is 5.56 Å². The molecule has 0 amide bonds. The molecule has 0 aliphatic carbocycles. The van der Waals surface area contributed by atoms with E-state index in [1.165, 1.54) is 12.2 Å². The zero-order valence-corrected chi connectivity index (χ0v) is 11.4. The Morgan fingerprint density at radius 3 is 2.04 bits per heavy atom. The molecule has 0 aromatic heterocycles. The normalized spacial score (nSPS) is 15.8. The van der Waals surface area contributed by atoms with E-state index in [1.54, 1.807) is 35.3 Å². The van der Waals surface area contributed by atoms with Crippen molar-refractivity contribution in [2.45, 2.75) is 0 Å². The highest BCUT2D eigenvalue weighted by Crippen LogP contribution is 2.28. The zero-order chi connectivity index (χ0) is 16.7. The first-order valence-corrected chi connectivity index (χ1v) is 6.50. The van der Waals surface area contributed by atoms with Crippen molar-refractivity contribution in [2.75, 3.05) is 0 Å². The number of carbonyl (C=O) groups is 1. The molecule has 8 heteroatoms. The molecule has 0 fully saturated rings. The highest BCUT2D eigenvalue weighted by Gasteiger charge is 2.36. The Labute approximate surface area is 128 Å². The maximum Gasteiger partial charge on any atom is 0.323 e. The number of benzene rings is 1. The number of carbonyl (C=O) groups excluding carboxylic acids is 1. The molecule has 0 atom stereocenters. The monoisotopic (exact) mass is 323 g/mol. The third-order valence-electron chi connectivity index (χ3n) is 3.54. The molecular weight excluding hydrogens is 316 g/mol. The van der Waals surface area contributed by atoms with Crippen LogP contribution in [0.1, 0.15) is 10.4 Å². The lowest BCUT2D eigenvalue weighted by atomic mass is 9.50. The highest BCUT2D eigenvalue weighted by atomic mass is 19.2. The van der Waals surface area contributed by atoms with E-state index in [2.05, 4.69) is 0 Å². The average molecular weight is 323 g/mol. The van der Waals surface area contributed by atoms with Gasteiger partial charge in [-0.3, -0.25) is 4.79 Å². The Bertz CT molecular complexity index is 799. The van der Waals surface area contributed by atoms with Gasteiger partial charge in [0.15, 0.2) is 29.1 Å². The molecule has 0 spiro atoms. The summed E-state index contributed by atoms with van der Waals surface area (Å²) >= 11 is 0. The third kappa shape index (κ3) is 2.30. The molecule has 23 heavy (non-hydrogen) atoms. The van der Waals surface area contributed by atoms with E-state index in [4.69, 9.17) is 0 Å². The van der Waals surface area contributed by atoms with Crippen LogP contribution in [0.25, 0.3) is 0 Å². The number of hydrogen-bond donors (Lipinski definition) is 0. The van der Waals surface area contributed by atoms with E-state index >= 15 is 0 Å². The van der Waals surface area contributed by atoms with Crippen molar-refractivity contribution in [3.05, 3.63) is 82.8 Å². The molecule has 0 N–H and O–H groups in total. The quantitative estimate of drug-likeness (QED) is 0.273. The van der Waals surface area contributed by atoms with Gasteiger partial charge < -0.3 is 4.81 Å². The Kier molecular flexibility index (Phi) is 3.67. The van der Waals surface area contributed by atoms with Gasteiger partial charge in [-0.05, 0) is 30.0 Å². The molecule has 2 aliphatic heterocycles. The van der Waals surface area contributed by atoms with Crippen molar-refractivity contribution in [1.29, 1.82) is 0 Å². The van der Waals surface area contributed by atoms with Crippen molar-refractivity contribution >= 4 is 12.6 Å². The zero-order valence-electron chi connectivity index (χ0n) is 11.4. The topological polar surface area (TPSA) is 20.3 Å². The van der Waals surface area contributed by atoms with Gasteiger partial charge in [0.2, 0.25) is 5.82 Å². The number of nitrogens with zero attached hydrogens (tertiary/aromatic N) is 1. The first-order chi connectivity index (χ1) is 10.9. The lowest BCUT2D eigenvalue weighted by molar-refractivity contribution is 0.103. The van der Waals surface area contributed by atoms with Crippen LogP contribution in [-0.4, -0.2) is 17.4 Å². The van der Waals surface area contributed by atoms with Crippen LogP contribution in [0.15, 0.2) is 48.2 Å².